The van der Waals surface area contributed by atoms with Gasteiger partial charge in [-0.15, -0.1) is 11.3 Å². The van der Waals surface area contributed by atoms with Crippen molar-refractivity contribution in [1.29, 1.82) is 0 Å². The molecule has 2 aromatic rings. The molecule has 3 rings (SSSR count). The Labute approximate surface area is 150 Å². The average Bonchev–Trinajstić information content (AvgIpc) is 3.38. The molecule has 25 heavy (non-hydrogen) atoms. The zero-order chi connectivity index (χ0) is 18.0. The summed E-state index contributed by atoms with van der Waals surface area (Å²) in [6, 6.07) is 5.80. The number of nitrogens with one attached hydrogen (secondary N) is 1. The van der Waals surface area contributed by atoms with Crippen LogP contribution in [0.5, 0.6) is 5.75 Å². The number of nitrogens with two attached hydrogens (primary N) is 1. The van der Waals surface area contributed by atoms with Crippen LogP contribution in [0.25, 0.3) is 0 Å². The summed E-state index contributed by atoms with van der Waals surface area (Å²) in [5.41, 5.74) is 6.18. The van der Waals surface area contributed by atoms with Gasteiger partial charge in [0.1, 0.15) is 28.1 Å². The van der Waals surface area contributed by atoms with Crippen LogP contribution in [-0.4, -0.2) is 23.0 Å². The average molecular weight is 363 g/mol. The normalized spacial score (nSPS) is 16.3. The highest BCUT2D eigenvalue weighted by Crippen LogP contribution is 2.39. The zero-order valence-electron chi connectivity index (χ0n) is 14.3. The topological polar surface area (TPSA) is 77.2 Å². The Hall–Kier alpha value is -1.99. The Balaban J connectivity index is 1.65. The number of benzene rings is 1. The lowest BCUT2D eigenvalue weighted by Gasteiger charge is -2.29. The number of amides is 1. The van der Waals surface area contributed by atoms with E-state index in [-0.39, 0.29) is 23.9 Å². The van der Waals surface area contributed by atoms with Crippen molar-refractivity contribution < 1.29 is 13.9 Å². The van der Waals surface area contributed by atoms with Gasteiger partial charge < -0.3 is 15.8 Å². The number of aromatic nitrogens is 1. The molecule has 134 valence electrons. The summed E-state index contributed by atoms with van der Waals surface area (Å²) in [7, 11) is 0. The lowest BCUT2D eigenvalue weighted by molar-refractivity contribution is 0.0901. The standard InChI is InChI=1S/C18H22FN3O2S/c1-11-16(17(23)22-18(2,10-20)12-3-4-12)25-15(21-11)9-24-14-7-5-13(19)6-8-14/h5-8,12H,3-4,9-10,20H2,1-2H3,(H,22,23). The summed E-state index contributed by atoms with van der Waals surface area (Å²) < 4.78 is 18.5. The van der Waals surface area contributed by atoms with Crippen molar-refractivity contribution in [1.82, 2.24) is 10.3 Å². The van der Waals surface area contributed by atoms with E-state index in [1.54, 1.807) is 12.1 Å². The first kappa shape index (κ1) is 17.8. The highest BCUT2D eigenvalue weighted by molar-refractivity contribution is 7.13. The Morgan fingerprint density at radius 1 is 1.44 bits per heavy atom. The maximum Gasteiger partial charge on any atom is 0.263 e. The second-order valence-corrected chi connectivity index (χ2v) is 7.70. The molecule has 1 fully saturated rings. The fourth-order valence-corrected chi connectivity index (χ4v) is 3.63. The number of hydrogen-bond donors (Lipinski definition) is 2. The molecule has 1 aromatic carbocycles. The molecule has 1 amide bonds. The minimum Gasteiger partial charge on any atom is -0.486 e. The van der Waals surface area contributed by atoms with Crippen molar-refractivity contribution >= 4 is 17.2 Å². The number of aryl methyl sites for hydroxylation is 1. The molecule has 7 heteroatoms. The van der Waals surface area contributed by atoms with Gasteiger partial charge >= 0.3 is 0 Å². The van der Waals surface area contributed by atoms with E-state index in [1.807, 2.05) is 13.8 Å². The van der Waals surface area contributed by atoms with Crippen LogP contribution in [0.4, 0.5) is 4.39 Å². The Morgan fingerprint density at radius 3 is 2.72 bits per heavy atom. The molecule has 1 aliphatic rings. The molecule has 0 aliphatic heterocycles. The van der Waals surface area contributed by atoms with E-state index in [2.05, 4.69) is 10.3 Å². The van der Waals surface area contributed by atoms with Gasteiger partial charge in [-0.25, -0.2) is 9.37 Å². The molecule has 0 saturated heterocycles. The number of halogens is 1. The van der Waals surface area contributed by atoms with Gasteiger partial charge in [0.2, 0.25) is 0 Å². The Kier molecular flexibility index (Phi) is 5.06. The van der Waals surface area contributed by atoms with Gasteiger partial charge in [-0.2, -0.15) is 0 Å². The van der Waals surface area contributed by atoms with Crippen LogP contribution in [0, 0.1) is 18.7 Å². The van der Waals surface area contributed by atoms with Crippen LogP contribution in [0.15, 0.2) is 24.3 Å². The summed E-state index contributed by atoms with van der Waals surface area (Å²) in [5, 5.41) is 3.78. The fourth-order valence-electron chi connectivity index (χ4n) is 2.76. The summed E-state index contributed by atoms with van der Waals surface area (Å²) >= 11 is 1.31. The smallest absolute Gasteiger partial charge is 0.263 e. The van der Waals surface area contributed by atoms with E-state index in [0.29, 0.717) is 33.8 Å². The molecule has 3 N–H and O–H groups in total. The number of thiazole rings is 1. The number of ether oxygens (including phenoxy) is 1. The molecule has 1 heterocycles. The van der Waals surface area contributed by atoms with Crippen molar-refractivity contribution in [2.45, 2.75) is 38.8 Å². The van der Waals surface area contributed by atoms with Crippen LogP contribution in [-0.2, 0) is 6.61 Å². The minimum atomic E-state index is -0.363. The number of nitrogens with zero attached hydrogens (tertiary/aromatic N) is 1. The van der Waals surface area contributed by atoms with E-state index < -0.39 is 0 Å². The van der Waals surface area contributed by atoms with Crippen molar-refractivity contribution in [3.05, 3.63) is 45.7 Å². The number of carbonyl (C=O) groups excluding carboxylic acids is 1. The molecule has 1 atom stereocenters. The largest absolute Gasteiger partial charge is 0.486 e. The van der Waals surface area contributed by atoms with Crippen LogP contribution in [0.3, 0.4) is 0 Å². The number of hydrogen-bond acceptors (Lipinski definition) is 5. The van der Waals surface area contributed by atoms with Crippen LogP contribution in [0.1, 0.15) is 40.1 Å². The monoisotopic (exact) mass is 363 g/mol. The van der Waals surface area contributed by atoms with E-state index in [9.17, 15) is 9.18 Å². The maximum absolute atomic E-state index is 12.9. The molecule has 0 spiro atoms. The first-order valence-electron chi connectivity index (χ1n) is 8.28. The summed E-state index contributed by atoms with van der Waals surface area (Å²) in [6.45, 7) is 4.46. The molecule has 1 aromatic heterocycles. The summed E-state index contributed by atoms with van der Waals surface area (Å²) in [6.07, 6.45) is 2.21. The van der Waals surface area contributed by atoms with E-state index >= 15 is 0 Å². The molecule has 1 unspecified atom stereocenters. The third-order valence-corrected chi connectivity index (χ3v) is 5.65. The predicted octanol–water partition coefficient (Wildman–Crippen LogP) is 3.03. The lowest BCUT2D eigenvalue weighted by atomic mass is 9.96. The molecular formula is C18H22FN3O2S. The predicted molar refractivity (Wildman–Crippen MR) is 95.2 cm³/mol. The SMILES string of the molecule is Cc1nc(COc2ccc(F)cc2)sc1C(=O)NC(C)(CN)C1CC1. The van der Waals surface area contributed by atoms with Gasteiger partial charge in [0, 0.05) is 6.54 Å². The zero-order valence-corrected chi connectivity index (χ0v) is 15.2. The quantitative estimate of drug-likeness (QED) is 0.793. The highest BCUT2D eigenvalue weighted by atomic mass is 32.1. The fraction of sp³-hybridized carbons (Fsp3) is 0.444. The first-order valence-corrected chi connectivity index (χ1v) is 9.10. The maximum atomic E-state index is 12.9. The third kappa shape index (κ3) is 4.16. The second-order valence-electron chi connectivity index (χ2n) is 6.61. The van der Waals surface area contributed by atoms with Crippen LogP contribution >= 0.6 is 11.3 Å². The van der Waals surface area contributed by atoms with Crippen molar-refractivity contribution in [2.75, 3.05) is 6.54 Å². The molecule has 0 bridgehead atoms. The van der Waals surface area contributed by atoms with Gasteiger partial charge in [0.15, 0.2) is 0 Å². The Morgan fingerprint density at radius 2 is 2.12 bits per heavy atom. The van der Waals surface area contributed by atoms with Crippen molar-refractivity contribution in [2.24, 2.45) is 11.7 Å². The van der Waals surface area contributed by atoms with Gasteiger partial charge in [-0.3, -0.25) is 4.79 Å². The molecule has 5 nitrogen and oxygen atoms in total. The molecule has 1 aliphatic carbocycles. The van der Waals surface area contributed by atoms with E-state index in [1.165, 1.54) is 23.5 Å². The summed E-state index contributed by atoms with van der Waals surface area (Å²) in [5.74, 6) is 0.568. The van der Waals surface area contributed by atoms with E-state index in [4.69, 9.17) is 10.5 Å². The highest BCUT2D eigenvalue weighted by Gasteiger charge is 2.42. The third-order valence-electron chi connectivity index (χ3n) is 4.52. The van der Waals surface area contributed by atoms with Gasteiger partial charge in [0.05, 0.1) is 11.2 Å². The molecular weight excluding hydrogens is 341 g/mol. The van der Waals surface area contributed by atoms with Gasteiger partial charge in [-0.1, -0.05) is 0 Å². The van der Waals surface area contributed by atoms with Crippen LogP contribution in [0.2, 0.25) is 0 Å². The van der Waals surface area contributed by atoms with Gasteiger partial charge in [-0.05, 0) is 56.9 Å². The lowest BCUT2D eigenvalue weighted by Crippen LogP contribution is -2.53. The molecule has 1 saturated carbocycles. The van der Waals surface area contributed by atoms with E-state index in [0.717, 1.165) is 12.8 Å². The van der Waals surface area contributed by atoms with Gasteiger partial charge in [0.25, 0.3) is 5.91 Å². The minimum absolute atomic E-state index is 0.136. The Bertz CT molecular complexity index is 758. The number of rotatable bonds is 7. The number of carbonyl (C=O) groups is 1. The van der Waals surface area contributed by atoms with Crippen LogP contribution < -0.4 is 15.8 Å². The second kappa shape index (κ2) is 7.09. The van der Waals surface area contributed by atoms with Crippen molar-refractivity contribution in [3.63, 3.8) is 0 Å². The summed E-state index contributed by atoms with van der Waals surface area (Å²) in [4.78, 5) is 17.6. The first-order chi connectivity index (χ1) is 11.9. The van der Waals surface area contributed by atoms with Crippen molar-refractivity contribution in [3.8, 4) is 5.75 Å². The molecule has 0 radical (unpaired) electrons.